The van der Waals surface area contributed by atoms with E-state index in [2.05, 4.69) is 12.1 Å². The molecule has 0 radical (unpaired) electrons. The number of hydrogen-bond acceptors (Lipinski definition) is 4. The van der Waals surface area contributed by atoms with Gasteiger partial charge in [-0.1, -0.05) is 12.1 Å². The fraction of sp³-hybridized carbons (Fsp3) is 0.350. The molecule has 2 aromatic carbocycles. The second-order valence-corrected chi connectivity index (χ2v) is 7.15. The van der Waals surface area contributed by atoms with Gasteiger partial charge in [0.25, 0.3) is 6.23 Å². The van der Waals surface area contributed by atoms with Crippen molar-refractivity contribution < 1.29 is 28.8 Å². The lowest BCUT2D eigenvalue weighted by molar-refractivity contribution is -1.04. The highest BCUT2D eigenvalue weighted by Gasteiger charge is 2.40. The molecule has 3 aliphatic heterocycles. The van der Waals surface area contributed by atoms with Gasteiger partial charge in [-0.05, 0) is 30.3 Å². The Balaban J connectivity index is 1.22. The maximum absolute atomic E-state index is 12.1. The van der Waals surface area contributed by atoms with Crippen LogP contribution in [0.1, 0.15) is 27.7 Å². The zero-order chi connectivity index (χ0) is 17.5. The lowest BCUT2D eigenvalue weighted by Gasteiger charge is -2.32. The van der Waals surface area contributed by atoms with Crippen molar-refractivity contribution in [3.05, 3.63) is 59.2 Å². The van der Waals surface area contributed by atoms with Crippen molar-refractivity contribution in [3.63, 3.8) is 0 Å². The van der Waals surface area contributed by atoms with Crippen molar-refractivity contribution in [1.82, 2.24) is 0 Å². The van der Waals surface area contributed by atoms with Crippen molar-refractivity contribution in [3.8, 4) is 11.5 Å². The van der Waals surface area contributed by atoms with Crippen LogP contribution in [0.15, 0.2) is 42.5 Å². The first-order valence-electron chi connectivity index (χ1n) is 9.14. The molecule has 0 aromatic heterocycles. The van der Waals surface area contributed by atoms with E-state index in [-0.39, 0.29) is 12.2 Å². The Morgan fingerprint density at radius 3 is 2.65 bits per heavy atom. The van der Waals surface area contributed by atoms with E-state index in [1.165, 1.54) is 10.5 Å². The van der Waals surface area contributed by atoms with Crippen molar-refractivity contribution in [2.45, 2.75) is 12.8 Å². The minimum Gasteiger partial charge on any atom is -0.454 e. The summed E-state index contributed by atoms with van der Waals surface area (Å²) in [7, 11) is 0. The lowest BCUT2D eigenvalue weighted by atomic mass is 10.1. The van der Waals surface area contributed by atoms with E-state index in [0.29, 0.717) is 6.79 Å². The average Bonchev–Trinajstić information content (AvgIpc) is 3.27. The highest BCUT2D eigenvalue weighted by molar-refractivity contribution is 5.93. The summed E-state index contributed by atoms with van der Waals surface area (Å²) in [5, 5.41) is 0. The fourth-order valence-electron chi connectivity index (χ4n) is 4.15. The summed E-state index contributed by atoms with van der Waals surface area (Å²) in [6.07, 6.45) is -0.147. The van der Waals surface area contributed by atoms with Gasteiger partial charge in [0.1, 0.15) is 32.7 Å². The third kappa shape index (κ3) is 2.71. The molecule has 0 aliphatic carbocycles. The standard InChI is InChI=1S/C20H20N2O4/c23-20-16-4-2-1-3-15(16)19(26-20)22-9-7-21(8-10-22)12-14-5-6-17-18(11-14)25-13-24-17/h1-6,11,19H,7-10,12-13H2/p+2. The van der Waals surface area contributed by atoms with Crippen molar-refractivity contribution in [1.29, 1.82) is 0 Å². The Morgan fingerprint density at radius 1 is 0.962 bits per heavy atom. The predicted molar refractivity (Wildman–Crippen MR) is 92.3 cm³/mol. The van der Waals surface area contributed by atoms with Gasteiger partial charge in [-0.2, -0.15) is 0 Å². The van der Waals surface area contributed by atoms with E-state index in [1.54, 1.807) is 4.90 Å². The van der Waals surface area contributed by atoms with Gasteiger partial charge in [-0.3, -0.25) is 4.90 Å². The number of cyclic esters (lactones) is 1. The largest absolute Gasteiger partial charge is 0.454 e. The maximum Gasteiger partial charge on any atom is 0.343 e. The summed E-state index contributed by atoms with van der Waals surface area (Å²) in [6, 6.07) is 14.0. The Morgan fingerprint density at radius 2 is 1.77 bits per heavy atom. The lowest BCUT2D eigenvalue weighted by Crippen LogP contribution is -3.27. The van der Waals surface area contributed by atoms with E-state index < -0.39 is 0 Å². The van der Waals surface area contributed by atoms with Crippen LogP contribution in [0.25, 0.3) is 0 Å². The van der Waals surface area contributed by atoms with E-state index in [0.717, 1.165) is 55.3 Å². The van der Waals surface area contributed by atoms with Gasteiger partial charge in [0, 0.05) is 5.56 Å². The van der Waals surface area contributed by atoms with E-state index in [4.69, 9.17) is 14.2 Å². The monoisotopic (exact) mass is 354 g/mol. The van der Waals surface area contributed by atoms with Crippen molar-refractivity contribution >= 4 is 5.97 Å². The quantitative estimate of drug-likeness (QED) is 0.735. The first-order valence-corrected chi connectivity index (χ1v) is 9.14. The molecule has 0 bridgehead atoms. The molecule has 3 aliphatic rings. The smallest absolute Gasteiger partial charge is 0.343 e. The highest BCUT2D eigenvalue weighted by Crippen LogP contribution is 2.32. The summed E-state index contributed by atoms with van der Waals surface area (Å²) < 4.78 is 16.5. The van der Waals surface area contributed by atoms with Gasteiger partial charge in [-0.15, -0.1) is 0 Å². The minimum absolute atomic E-state index is 0.147. The SMILES string of the molecule is O=C1OC([NH+]2CC[NH+](Cc3ccc4c(c3)OCO4)CC2)c2ccccc21. The number of rotatable bonds is 3. The molecule has 1 unspecified atom stereocenters. The molecular weight excluding hydrogens is 332 g/mol. The second-order valence-electron chi connectivity index (χ2n) is 7.15. The van der Waals surface area contributed by atoms with E-state index >= 15 is 0 Å². The third-order valence-electron chi connectivity index (χ3n) is 5.55. The number of piperazine rings is 1. The number of esters is 1. The molecule has 0 amide bonds. The Bertz CT molecular complexity index is 845. The molecule has 6 nitrogen and oxygen atoms in total. The van der Waals surface area contributed by atoms with Crippen LogP contribution < -0.4 is 19.3 Å². The summed E-state index contributed by atoms with van der Waals surface area (Å²) in [5.41, 5.74) is 3.03. The minimum atomic E-state index is -0.187. The van der Waals surface area contributed by atoms with Crippen LogP contribution in [0.4, 0.5) is 0 Å². The molecule has 3 heterocycles. The van der Waals surface area contributed by atoms with Crippen LogP contribution >= 0.6 is 0 Å². The first-order chi connectivity index (χ1) is 12.8. The zero-order valence-corrected chi connectivity index (χ0v) is 14.5. The number of carbonyl (C=O) groups excluding carboxylic acids is 1. The number of nitrogens with one attached hydrogen (secondary N) is 2. The molecule has 1 fully saturated rings. The summed E-state index contributed by atoms with van der Waals surface area (Å²) in [4.78, 5) is 14.9. The highest BCUT2D eigenvalue weighted by atomic mass is 16.7. The third-order valence-corrected chi connectivity index (χ3v) is 5.55. The summed E-state index contributed by atoms with van der Waals surface area (Å²) in [6.45, 7) is 5.39. The van der Waals surface area contributed by atoms with Gasteiger partial charge in [-0.25, -0.2) is 4.79 Å². The summed E-state index contributed by atoms with van der Waals surface area (Å²) in [5.74, 6) is 1.49. The number of ether oxygens (including phenoxy) is 3. The number of hydrogen-bond donors (Lipinski definition) is 2. The number of benzene rings is 2. The summed E-state index contributed by atoms with van der Waals surface area (Å²) >= 11 is 0. The van der Waals surface area contributed by atoms with E-state index in [9.17, 15) is 4.79 Å². The molecule has 5 rings (SSSR count). The van der Waals surface area contributed by atoms with Gasteiger partial charge >= 0.3 is 5.97 Å². The molecule has 1 atom stereocenters. The van der Waals surface area contributed by atoms with Crippen molar-refractivity contribution in [2.24, 2.45) is 0 Å². The number of carbonyl (C=O) groups is 1. The van der Waals surface area contributed by atoms with Crippen molar-refractivity contribution in [2.75, 3.05) is 33.0 Å². The first kappa shape index (κ1) is 15.7. The fourth-order valence-corrected chi connectivity index (χ4v) is 4.15. The molecule has 26 heavy (non-hydrogen) atoms. The van der Waals surface area contributed by atoms with Gasteiger partial charge in [0.15, 0.2) is 11.5 Å². The van der Waals surface area contributed by atoms with Crippen LogP contribution in [0.2, 0.25) is 0 Å². The van der Waals surface area contributed by atoms with Crippen LogP contribution in [-0.4, -0.2) is 38.9 Å². The molecule has 1 saturated heterocycles. The number of fused-ring (bicyclic) bond motifs is 2. The van der Waals surface area contributed by atoms with Crippen LogP contribution in [-0.2, 0) is 11.3 Å². The molecule has 2 aromatic rings. The molecule has 0 spiro atoms. The molecule has 6 heteroatoms. The molecule has 0 saturated carbocycles. The topological polar surface area (TPSA) is 53.6 Å². The van der Waals surface area contributed by atoms with Crippen LogP contribution in [0.3, 0.4) is 0 Å². The van der Waals surface area contributed by atoms with Gasteiger partial charge in [0.05, 0.1) is 11.1 Å². The van der Waals surface area contributed by atoms with E-state index in [1.807, 2.05) is 30.3 Å². The number of quaternary nitrogens is 2. The van der Waals surface area contributed by atoms with Crippen LogP contribution in [0, 0.1) is 0 Å². The second kappa shape index (κ2) is 6.30. The normalized spacial score (nSPS) is 26.5. The predicted octanol–water partition coefficient (Wildman–Crippen LogP) is -0.432. The molecular formula is C20H22N2O4+2. The maximum atomic E-state index is 12.1. The van der Waals surface area contributed by atoms with Crippen LogP contribution in [0.5, 0.6) is 11.5 Å². The Hall–Kier alpha value is -2.57. The Labute approximate surface area is 151 Å². The molecule has 2 N–H and O–H groups in total. The molecule has 134 valence electrons. The van der Waals surface area contributed by atoms with Gasteiger partial charge in [0.2, 0.25) is 6.79 Å². The Kier molecular flexibility index (Phi) is 3.80. The van der Waals surface area contributed by atoms with Gasteiger partial charge < -0.3 is 19.1 Å². The average molecular weight is 354 g/mol. The zero-order valence-electron chi connectivity index (χ0n) is 14.5.